The van der Waals surface area contributed by atoms with Crippen LogP contribution in [0.3, 0.4) is 0 Å². The molecule has 0 aromatic heterocycles. The first-order valence-corrected chi connectivity index (χ1v) is 8.16. The van der Waals surface area contributed by atoms with E-state index in [1.165, 1.54) is 5.01 Å². The van der Waals surface area contributed by atoms with Crippen LogP contribution in [0.2, 0.25) is 5.02 Å². The average molecular weight is 370 g/mol. The second-order valence-electron chi connectivity index (χ2n) is 5.88. The van der Waals surface area contributed by atoms with Crippen molar-refractivity contribution in [2.24, 2.45) is 11.0 Å². The van der Waals surface area contributed by atoms with Crippen LogP contribution in [0.1, 0.15) is 0 Å². The molecule has 7 nitrogen and oxygen atoms in total. The molecule has 1 fully saturated rings. The second kappa shape index (κ2) is 5.96. The van der Waals surface area contributed by atoms with Gasteiger partial charge in [-0.05, 0) is 36.4 Å². The number of hydrazone groups is 1. The molecule has 2 atom stereocenters. The summed E-state index contributed by atoms with van der Waals surface area (Å²) in [5.74, 6) is -3.59. The number of anilines is 2. The monoisotopic (exact) mass is 369 g/mol. The minimum Gasteiger partial charge on any atom is -0.477 e. The predicted octanol–water partition coefficient (Wildman–Crippen LogP) is 2.16. The van der Waals surface area contributed by atoms with Gasteiger partial charge in [-0.15, -0.1) is 0 Å². The average Bonchev–Trinajstić information content (AvgIpc) is 3.14. The quantitative estimate of drug-likeness (QED) is 0.837. The number of carboxylic acids is 1. The van der Waals surface area contributed by atoms with Crippen molar-refractivity contribution in [3.8, 4) is 0 Å². The number of aliphatic carboxylic acids is 1. The third-order valence-electron chi connectivity index (χ3n) is 4.37. The van der Waals surface area contributed by atoms with Gasteiger partial charge in [-0.3, -0.25) is 14.6 Å². The van der Waals surface area contributed by atoms with Crippen LogP contribution in [0.5, 0.6) is 0 Å². The van der Waals surface area contributed by atoms with E-state index in [-0.39, 0.29) is 5.71 Å². The van der Waals surface area contributed by atoms with Crippen LogP contribution in [-0.4, -0.2) is 34.6 Å². The van der Waals surface area contributed by atoms with Crippen LogP contribution in [0, 0.1) is 5.92 Å². The lowest BCUT2D eigenvalue weighted by molar-refractivity contribution is -0.130. The van der Waals surface area contributed by atoms with E-state index in [0.717, 1.165) is 4.90 Å². The molecule has 0 radical (unpaired) electrons. The fraction of sp³-hybridized carbons (Fsp3) is 0.111. The topological polar surface area (TPSA) is 90.3 Å². The Morgan fingerprint density at radius 3 is 2.23 bits per heavy atom. The van der Waals surface area contributed by atoms with Gasteiger partial charge in [-0.25, -0.2) is 9.69 Å². The first kappa shape index (κ1) is 16.3. The summed E-state index contributed by atoms with van der Waals surface area (Å²) >= 11 is 5.89. The highest BCUT2D eigenvalue weighted by molar-refractivity contribution is 6.47. The molecule has 1 saturated heterocycles. The molecule has 2 aromatic carbocycles. The van der Waals surface area contributed by atoms with E-state index in [0.29, 0.717) is 16.4 Å². The molecule has 4 rings (SSSR count). The summed E-state index contributed by atoms with van der Waals surface area (Å²) in [6.07, 6.45) is 0. The lowest BCUT2D eigenvalue weighted by Crippen LogP contribution is -2.39. The van der Waals surface area contributed by atoms with Crippen molar-refractivity contribution in [2.45, 2.75) is 6.04 Å². The Kier molecular flexibility index (Phi) is 3.73. The Morgan fingerprint density at radius 2 is 1.62 bits per heavy atom. The van der Waals surface area contributed by atoms with Crippen LogP contribution in [0.25, 0.3) is 0 Å². The van der Waals surface area contributed by atoms with Gasteiger partial charge in [0.05, 0.1) is 11.4 Å². The summed E-state index contributed by atoms with van der Waals surface area (Å²) in [5.41, 5.74) is 0.538. The molecule has 2 aliphatic heterocycles. The van der Waals surface area contributed by atoms with Crippen LogP contribution in [0.4, 0.5) is 11.4 Å². The highest BCUT2D eigenvalue weighted by Gasteiger charge is 2.58. The summed E-state index contributed by atoms with van der Waals surface area (Å²) in [6, 6.07) is 13.8. The van der Waals surface area contributed by atoms with E-state index in [1.54, 1.807) is 54.6 Å². The van der Waals surface area contributed by atoms with Crippen molar-refractivity contribution in [3.63, 3.8) is 0 Å². The largest absolute Gasteiger partial charge is 0.477 e. The van der Waals surface area contributed by atoms with Crippen LogP contribution < -0.4 is 9.91 Å². The summed E-state index contributed by atoms with van der Waals surface area (Å²) in [4.78, 5) is 38.5. The molecule has 2 heterocycles. The van der Waals surface area contributed by atoms with Crippen molar-refractivity contribution >= 4 is 46.5 Å². The van der Waals surface area contributed by atoms with Gasteiger partial charge in [0.1, 0.15) is 12.0 Å². The van der Waals surface area contributed by atoms with Gasteiger partial charge in [0.15, 0.2) is 5.71 Å². The summed E-state index contributed by atoms with van der Waals surface area (Å²) in [7, 11) is 0. The lowest BCUT2D eigenvalue weighted by atomic mass is 9.98. The number of nitrogens with zero attached hydrogens (tertiary/aromatic N) is 3. The number of carbonyl (C=O) groups is 3. The van der Waals surface area contributed by atoms with Gasteiger partial charge in [0.25, 0.3) is 5.91 Å². The Hall–Kier alpha value is -3.19. The van der Waals surface area contributed by atoms with Crippen molar-refractivity contribution in [3.05, 3.63) is 59.6 Å². The zero-order valence-electron chi connectivity index (χ0n) is 13.2. The van der Waals surface area contributed by atoms with Crippen molar-refractivity contribution in [1.29, 1.82) is 0 Å². The summed E-state index contributed by atoms with van der Waals surface area (Å²) < 4.78 is 0. The van der Waals surface area contributed by atoms with E-state index in [4.69, 9.17) is 11.6 Å². The Bertz CT molecular complexity index is 943. The predicted molar refractivity (Wildman–Crippen MR) is 95.2 cm³/mol. The maximum atomic E-state index is 13.0. The molecule has 26 heavy (non-hydrogen) atoms. The molecule has 130 valence electrons. The molecule has 2 unspecified atom stereocenters. The molecule has 1 N–H and O–H groups in total. The standard InChI is InChI=1S/C18H12ClN3O4/c19-10-6-8-12(9-7-10)22-15-13(14(20-22)18(25)26)16(23)21(17(15)24)11-4-2-1-3-5-11/h1-9,13,15H,(H,25,26). The van der Waals surface area contributed by atoms with Crippen molar-refractivity contribution in [1.82, 2.24) is 0 Å². The summed E-state index contributed by atoms with van der Waals surface area (Å²) in [6.45, 7) is 0. The Balaban J connectivity index is 1.80. The minimum atomic E-state index is -1.33. The highest BCUT2D eigenvalue weighted by atomic mass is 35.5. The van der Waals surface area contributed by atoms with Crippen LogP contribution in [-0.2, 0) is 14.4 Å². The van der Waals surface area contributed by atoms with Crippen molar-refractivity contribution < 1.29 is 19.5 Å². The van der Waals surface area contributed by atoms with Gasteiger partial charge in [0.2, 0.25) is 5.91 Å². The molecule has 0 bridgehead atoms. The second-order valence-corrected chi connectivity index (χ2v) is 6.32. The number of imide groups is 1. The molecule has 2 aliphatic rings. The van der Waals surface area contributed by atoms with Gasteiger partial charge in [-0.2, -0.15) is 5.10 Å². The highest BCUT2D eigenvalue weighted by Crippen LogP contribution is 2.37. The van der Waals surface area contributed by atoms with E-state index < -0.39 is 29.7 Å². The van der Waals surface area contributed by atoms with E-state index >= 15 is 0 Å². The normalized spacial score (nSPS) is 21.8. The smallest absolute Gasteiger partial charge is 0.353 e. The number of fused-ring (bicyclic) bond motifs is 1. The number of halogens is 1. The number of carbonyl (C=O) groups excluding carboxylic acids is 2. The molecule has 2 amide bonds. The zero-order chi connectivity index (χ0) is 18.4. The van der Waals surface area contributed by atoms with Crippen LogP contribution >= 0.6 is 11.6 Å². The molecule has 8 heteroatoms. The third-order valence-corrected chi connectivity index (χ3v) is 4.63. The summed E-state index contributed by atoms with van der Waals surface area (Å²) in [5, 5.41) is 15.3. The molecule has 0 aliphatic carbocycles. The molecular formula is C18H12ClN3O4. The Labute approximate surface area is 153 Å². The van der Waals surface area contributed by atoms with E-state index in [2.05, 4.69) is 5.10 Å². The zero-order valence-corrected chi connectivity index (χ0v) is 14.0. The first-order chi connectivity index (χ1) is 12.5. The lowest BCUT2D eigenvalue weighted by Gasteiger charge is -2.22. The molecule has 0 spiro atoms. The number of para-hydroxylation sites is 1. The van der Waals surface area contributed by atoms with Crippen LogP contribution in [0.15, 0.2) is 59.7 Å². The van der Waals surface area contributed by atoms with Gasteiger partial charge in [-0.1, -0.05) is 29.8 Å². The number of carboxylic acid groups (broad SMARTS) is 1. The maximum Gasteiger partial charge on any atom is 0.353 e. The number of hydrogen-bond acceptors (Lipinski definition) is 5. The Morgan fingerprint density at radius 1 is 0.962 bits per heavy atom. The fourth-order valence-corrected chi connectivity index (χ4v) is 3.36. The van der Waals surface area contributed by atoms with Crippen molar-refractivity contribution in [2.75, 3.05) is 9.91 Å². The molecular weight excluding hydrogens is 358 g/mol. The number of hydrogen-bond donors (Lipinski definition) is 1. The number of benzene rings is 2. The number of amides is 2. The fourth-order valence-electron chi connectivity index (χ4n) is 3.23. The van der Waals surface area contributed by atoms with Gasteiger partial charge < -0.3 is 5.11 Å². The van der Waals surface area contributed by atoms with Gasteiger partial charge in [0, 0.05) is 5.02 Å². The third kappa shape index (κ3) is 2.36. The van der Waals surface area contributed by atoms with E-state index in [1.807, 2.05) is 0 Å². The van der Waals surface area contributed by atoms with Gasteiger partial charge >= 0.3 is 5.97 Å². The molecule has 0 saturated carbocycles. The molecule has 2 aromatic rings. The first-order valence-electron chi connectivity index (χ1n) is 7.78. The van der Waals surface area contributed by atoms with E-state index in [9.17, 15) is 19.5 Å². The number of rotatable bonds is 3. The SMILES string of the molecule is O=C(O)C1=NN(c2ccc(Cl)cc2)C2C(=O)N(c3ccccc3)C(=O)C12. The minimum absolute atomic E-state index is 0.346. The maximum absolute atomic E-state index is 13.0.